The van der Waals surface area contributed by atoms with Crippen LogP contribution in [0.25, 0.3) is 0 Å². The average molecular weight is 436 g/mol. The fraction of sp³-hybridized carbons (Fsp3) is 0.500. The largest absolute Gasteiger partial charge is 0.497 e. The Morgan fingerprint density at radius 2 is 2.03 bits per heavy atom. The van der Waals surface area contributed by atoms with Gasteiger partial charge >= 0.3 is 0 Å². The lowest BCUT2D eigenvalue weighted by atomic mass is 9.54. The number of hydrogen-bond donors (Lipinski definition) is 1. The Bertz CT molecular complexity index is 988. The van der Waals surface area contributed by atoms with E-state index < -0.39 is 0 Å². The van der Waals surface area contributed by atoms with E-state index in [0.29, 0.717) is 17.8 Å². The Labute approximate surface area is 190 Å². The molecule has 4 rings (SSSR count). The van der Waals surface area contributed by atoms with Crippen LogP contribution in [0, 0.1) is 27.4 Å². The molecule has 6 nitrogen and oxygen atoms in total. The fourth-order valence-electron chi connectivity index (χ4n) is 5.96. The van der Waals surface area contributed by atoms with Gasteiger partial charge in [0.05, 0.1) is 17.7 Å². The second-order valence-electron chi connectivity index (χ2n) is 9.49. The quantitative estimate of drug-likeness (QED) is 0.303. The van der Waals surface area contributed by atoms with Crippen LogP contribution in [0.15, 0.2) is 47.6 Å². The molecule has 0 aromatic heterocycles. The predicted molar refractivity (Wildman–Crippen MR) is 128 cm³/mol. The second-order valence-corrected chi connectivity index (χ2v) is 9.49. The number of non-ortho nitro benzene ring substituents is 1. The molecule has 2 aromatic rings. The number of benzene rings is 2. The number of hydrazone groups is 1. The van der Waals surface area contributed by atoms with Crippen molar-refractivity contribution in [1.82, 2.24) is 0 Å². The predicted octanol–water partition coefficient (Wildman–Crippen LogP) is 6.56. The molecule has 6 heteroatoms. The van der Waals surface area contributed by atoms with Crippen molar-refractivity contribution in [2.45, 2.75) is 58.3 Å². The lowest BCUT2D eigenvalue weighted by molar-refractivity contribution is -0.384. The molecule has 0 unspecified atom stereocenters. The summed E-state index contributed by atoms with van der Waals surface area (Å²) in [7, 11) is 1.74. The Morgan fingerprint density at radius 3 is 2.72 bits per heavy atom. The minimum absolute atomic E-state index is 0.0366. The third-order valence-electron chi connectivity index (χ3n) is 7.60. The van der Waals surface area contributed by atoms with Gasteiger partial charge in [0.2, 0.25) is 0 Å². The maximum absolute atomic E-state index is 10.8. The van der Waals surface area contributed by atoms with Crippen LogP contribution in [0.3, 0.4) is 0 Å². The normalized spacial score (nSPS) is 26.9. The molecule has 2 aromatic carbocycles. The fourth-order valence-corrected chi connectivity index (χ4v) is 5.96. The molecule has 4 atom stereocenters. The van der Waals surface area contributed by atoms with E-state index in [1.165, 1.54) is 48.9 Å². The average Bonchev–Trinajstić information content (AvgIpc) is 2.80. The van der Waals surface area contributed by atoms with Crippen LogP contribution in [0.5, 0.6) is 5.75 Å². The van der Waals surface area contributed by atoms with Crippen LogP contribution in [-0.2, 0) is 6.42 Å². The Hall–Kier alpha value is -2.89. The smallest absolute Gasteiger partial charge is 0.269 e. The summed E-state index contributed by atoms with van der Waals surface area (Å²) in [5.41, 5.74) is 6.94. The maximum atomic E-state index is 10.8. The van der Waals surface area contributed by atoms with Gasteiger partial charge in [0.15, 0.2) is 0 Å². The van der Waals surface area contributed by atoms with E-state index in [-0.39, 0.29) is 16.0 Å². The Kier molecular flexibility index (Phi) is 6.49. The lowest BCUT2D eigenvalue weighted by Crippen LogP contribution is -2.43. The highest BCUT2D eigenvalue weighted by molar-refractivity contribution is 5.68. The van der Waals surface area contributed by atoms with Gasteiger partial charge in [-0.1, -0.05) is 26.3 Å². The molecule has 32 heavy (non-hydrogen) atoms. The van der Waals surface area contributed by atoms with Gasteiger partial charge < -0.3 is 4.74 Å². The summed E-state index contributed by atoms with van der Waals surface area (Å²) >= 11 is 0. The number of nitro benzene ring substituents is 1. The summed E-state index contributed by atoms with van der Waals surface area (Å²) < 4.78 is 5.45. The molecule has 0 saturated heterocycles. The summed E-state index contributed by atoms with van der Waals surface area (Å²) in [5, 5.41) is 15.4. The number of fused-ring (bicyclic) bond motifs is 3. The van der Waals surface area contributed by atoms with Crippen molar-refractivity contribution in [2.24, 2.45) is 22.4 Å². The second kappa shape index (κ2) is 9.31. The van der Waals surface area contributed by atoms with Crippen LogP contribution in [-0.4, -0.2) is 18.2 Å². The number of rotatable bonds is 7. The zero-order valence-electron chi connectivity index (χ0n) is 19.2. The van der Waals surface area contributed by atoms with Gasteiger partial charge in [-0.25, -0.2) is 0 Å². The third kappa shape index (κ3) is 4.36. The van der Waals surface area contributed by atoms with Crippen LogP contribution in [0.2, 0.25) is 0 Å². The van der Waals surface area contributed by atoms with Gasteiger partial charge in [-0.2, -0.15) is 5.10 Å². The molecule has 0 amide bonds. The van der Waals surface area contributed by atoms with Crippen molar-refractivity contribution in [3.8, 4) is 5.75 Å². The zero-order valence-corrected chi connectivity index (χ0v) is 19.2. The van der Waals surface area contributed by atoms with Crippen molar-refractivity contribution in [1.29, 1.82) is 0 Å². The van der Waals surface area contributed by atoms with Gasteiger partial charge in [0, 0.05) is 23.8 Å². The molecule has 170 valence electrons. The number of aryl methyl sites for hydroxylation is 1. The summed E-state index contributed by atoms with van der Waals surface area (Å²) in [6.07, 6.45) is 9.08. The first-order valence-electron chi connectivity index (χ1n) is 11.7. The minimum Gasteiger partial charge on any atom is -0.497 e. The van der Waals surface area contributed by atoms with Gasteiger partial charge in [0.1, 0.15) is 5.75 Å². The molecular formula is C26H33N3O3. The van der Waals surface area contributed by atoms with E-state index >= 15 is 0 Å². The van der Waals surface area contributed by atoms with Crippen molar-refractivity contribution < 1.29 is 9.66 Å². The summed E-state index contributed by atoms with van der Waals surface area (Å²) in [6.45, 7) is 4.63. The molecule has 0 bridgehead atoms. The third-order valence-corrected chi connectivity index (χ3v) is 7.60. The van der Waals surface area contributed by atoms with Gasteiger partial charge in [-0.15, -0.1) is 0 Å². The number of anilines is 1. The SMILES string of the molecule is CCC[C@H]1[C@@H]2CCc3cc(OC)ccc3[C@H]2CC[C@]1(C)/C=N/Nc1ccc([N+](=O)[O-])cc1. The highest BCUT2D eigenvalue weighted by Crippen LogP contribution is 2.55. The van der Waals surface area contributed by atoms with Crippen LogP contribution in [0.1, 0.15) is 63.0 Å². The van der Waals surface area contributed by atoms with E-state index in [1.54, 1.807) is 19.2 Å². The van der Waals surface area contributed by atoms with Gasteiger partial charge in [-0.3, -0.25) is 15.5 Å². The number of nitrogens with zero attached hydrogens (tertiary/aromatic N) is 2. The molecule has 2 aliphatic carbocycles. The van der Waals surface area contributed by atoms with Crippen molar-refractivity contribution >= 4 is 17.6 Å². The molecule has 1 saturated carbocycles. The summed E-state index contributed by atoms with van der Waals surface area (Å²) in [5.74, 6) is 2.83. The lowest BCUT2D eigenvalue weighted by Gasteiger charge is -2.50. The molecule has 2 aliphatic rings. The van der Waals surface area contributed by atoms with Crippen molar-refractivity contribution in [2.75, 3.05) is 12.5 Å². The van der Waals surface area contributed by atoms with Crippen LogP contribution in [0.4, 0.5) is 11.4 Å². The van der Waals surface area contributed by atoms with Crippen LogP contribution < -0.4 is 10.2 Å². The number of hydrogen-bond acceptors (Lipinski definition) is 5. The Balaban J connectivity index is 1.51. The van der Waals surface area contributed by atoms with Gasteiger partial charge in [-0.05, 0) is 85.3 Å². The number of methoxy groups -OCH3 is 1. The Morgan fingerprint density at radius 1 is 1.25 bits per heavy atom. The van der Waals surface area contributed by atoms with E-state index in [4.69, 9.17) is 4.74 Å². The maximum Gasteiger partial charge on any atom is 0.269 e. The molecule has 1 N–H and O–H groups in total. The highest BCUT2D eigenvalue weighted by Gasteiger charge is 2.47. The van der Waals surface area contributed by atoms with E-state index in [9.17, 15) is 10.1 Å². The topological polar surface area (TPSA) is 76.8 Å². The van der Waals surface area contributed by atoms with Crippen LogP contribution >= 0.6 is 0 Å². The molecule has 0 aliphatic heterocycles. The summed E-state index contributed by atoms with van der Waals surface area (Å²) in [4.78, 5) is 10.5. The molecule has 0 radical (unpaired) electrons. The summed E-state index contributed by atoms with van der Waals surface area (Å²) in [6, 6.07) is 13.0. The highest BCUT2D eigenvalue weighted by atomic mass is 16.6. The van der Waals surface area contributed by atoms with E-state index in [0.717, 1.165) is 24.3 Å². The number of nitrogens with one attached hydrogen (secondary N) is 1. The molecular weight excluding hydrogens is 402 g/mol. The molecule has 0 heterocycles. The van der Waals surface area contributed by atoms with E-state index in [2.05, 4.69) is 48.8 Å². The standard InChI is InChI=1S/C26H33N3O3/c1-4-5-25-24-12-6-18-16-21(32-3)11-13-22(18)23(24)14-15-26(25,2)17-27-28-19-7-9-20(10-8-19)29(30)31/h7-11,13,16-17,23-25,28H,4-6,12,14-15H2,1-3H3/b27-17+/t23-,24-,25+,26-/m1/s1. The number of nitro groups is 1. The zero-order chi connectivity index (χ0) is 22.7. The van der Waals surface area contributed by atoms with Crippen molar-refractivity contribution in [3.05, 3.63) is 63.7 Å². The first kappa shape index (κ1) is 22.3. The first-order chi connectivity index (χ1) is 15.4. The number of ether oxygens (including phenoxy) is 1. The molecule has 1 fully saturated rings. The van der Waals surface area contributed by atoms with Crippen molar-refractivity contribution in [3.63, 3.8) is 0 Å². The monoisotopic (exact) mass is 435 g/mol. The van der Waals surface area contributed by atoms with Gasteiger partial charge in [0.25, 0.3) is 5.69 Å². The van der Waals surface area contributed by atoms with E-state index in [1.807, 2.05) is 0 Å². The molecule has 0 spiro atoms. The first-order valence-corrected chi connectivity index (χ1v) is 11.7. The minimum atomic E-state index is -0.389.